The zero-order valence-corrected chi connectivity index (χ0v) is 10.1. The molecule has 3 rings (SSSR count). The molecule has 0 aromatic carbocycles. The first-order valence-corrected chi connectivity index (χ1v) is 6.86. The molecule has 3 N–H and O–H groups in total. The number of nitrogens with two attached hydrogens (primary N) is 1. The lowest BCUT2D eigenvalue weighted by Gasteiger charge is -2.30. The smallest absolute Gasteiger partial charge is 0.0611 e. The Kier molecular flexibility index (Phi) is 2.73. The van der Waals surface area contributed by atoms with E-state index in [-0.39, 0.29) is 12.1 Å². The van der Waals surface area contributed by atoms with E-state index < -0.39 is 0 Å². The second kappa shape index (κ2) is 3.97. The second-order valence-corrected chi connectivity index (χ2v) is 6.29. The van der Waals surface area contributed by atoms with Crippen LogP contribution >= 0.6 is 0 Å². The Bertz CT molecular complexity index is 263. The van der Waals surface area contributed by atoms with E-state index in [1.165, 1.54) is 38.6 Å². The molecule has 3 saturated carbocycles. The average molecular weight is 224 g/mol. The van der Waals surface area contributed by atoms with Gasteiger partial charge in [0.05, 0.1) is 6.61 Å². The van der Waals surface area contributed by atoms with Crippen LogP contribution in [0.1, 0.15) is 44.9 Å². The topological polar surface area (TPSA) is 49.5 Å². The van der Waals surface area contributed by atoms with Crippen LogP contribution in [-0.4, -0.2) is 40.8 Å². The van der Waals surface area contributed by atoms with Crippen molar-refractivity contribution in [2.45, 2.75) is 62.6 Å². The van der Waals surface area contributed by atoms with Gasteiger partial charge in [-0.1, -0.05) is 0 Å². The maximum atomic E-state index is 9.33. The van der Waals surface area contributed by atoms with Crippen LogP contribution in [0.15, 0.2) is 0 Å². The number of nitrogens with zero attached hydrogens (tertiary/aromatic N) is 1. The van der Waals surface area contributed by atoms with Gasteiger partial charge < -0.3 is 10.8 Å². The van der Waals surface area contributed by atoms with Crippen molar-refractivity contribution in [3.63, 3.8) is 0 Å². The molecule has 0 saturated heterocycles. The summed E-state index contributed by atoms with van der Waals surface area (Å²) in [5.41, 5.74) is 5.90. The third-order valence-corrected chi connectivity index (χ3v) is 4.58. The van der Waals surface area contributed by atoms with Gasteiger partial charge in [0.2, 0.25) is 0 Å². The van der Waals surface area contributed by atoms with E-state index >= 15 is 0 Å². The van der Waals surface area contributed by atoms with Crippen molar-refractivity contribution in [2.75, 3.05) is 13.2 Å². The Morgan fingerprint density at radius 3 is 2.38 bits per heavy atom. The molecule has 3 nitrogen and oxygen atoms in total. The highest BCUT2D eigenvalue weighted by Crippen LogP contribution is 2.40. The van der Waals surface area contributed by atoms with Crippen LogP contribution in [0.3, 0.4) is 0 Å². The average Bonchev–Trinajstić information content (AvgIpc) is 3.15. The van der Waals surface area contributed by atoms with Gasteiger partial charge in [0, 0.05) is 24.2 Å². The summed E-state index contributed by atoms with van der Waals surface area (Å²) >= 11 is 0. The van der Waals surface area contributed by atoms with Crippen molar-refractivity contribution in [3.05, 3.63) is 0 Å². The third kappa shape index (κ3) is 2.27. The molecule has 16 heavy (non-hydrogen) atoms. The molecule has 2 atom stereocenters. The zero-order valence-electron chi connectivity index (χ0n) is 10.1. The molecular formula is C13H24N2O. The van der Waals surface area contributed by atoms with E-state index in [1.54, 1.807) is 0 Å². The van der Waals surface area contributed by atoms with Crippen molar-refractivity contribution in [1.82, 2.24) is 4.90 Å². The van der Waals surface area contributed by atoms with Crippen LogP contribution in [0.25, 0.3) is 0 Å². The third-order valence-electron chi connectivity index (χ3n) is 4.58. The summed E-state index contributed by atoms with van der Waals surface area (Å²) in [7, 11) is 0. The van der Waals surface area contributed by atoms with Crippen LogP contribution < -0.4 is 5.73 Å². The molecule has 92 valence electrons. The van der Waals surface area contributed by atoms with E-state index in [4.69, 9.17) is 5.73 Å². The Labute approximate surface area is 98.0 Å². The SMILES string of the molecule is NC1(CO)CCC(N(CC2CC2)C2CC2)C1. The minimum Gasteiger partial charge on any atom is -0.394 e. The molecule has 3 aliphatic carbocycles. The van der Waals surface area contributed by atoms with Gasteiger partial charge >= 0.3 is 0 Å². The predicted octanol–water partition coefficient (Wildman–Crippen LogP) is 1.10. The minimum absolute atomic E-state index is 0.158. The Morgan fingerprint density at radius 1 is 1.12 bits per heavy atom. The minimum atomic E-state index is -0.276. The number of aliphatic hydroxyl groups excluding tert-OH is 1. The first-order chi connectivity index (χ1) is 7.70. The normalized spacial score (nSPS) is 39.6. The molecular weight excluding hydrogens is 200 g/mol. The zero-order chi connectivity index (χ0) is 11.2. The molecule has 0 heterocycles. The molecule has 0 aromatic heterocycles. The summed E-state index contributed by atoms with van der Waals surface area (Å²) < 4.78 is 0. The molecule has 0 spiro atoms. The van der Waals surface area contributed by atoms with Crippen LogP contribution in [0.4, 0.5) is 0 Å². The number of rotatable bonds is 5. The van der Waals surface area contributed by atoms with Gasteiger partial charge in [-0.3, -0.25) is 4.90 Å². The maximum Gasteiger partial charge on any atom is 0.0611 e. The van der Waals surface area contributed by atoms with Crippen LogP contribution in [-0.2, 0) is 0 Å². The standard InChI is InChI=1S/C13H24N2O/c14-13(9-16)6-5-12(7-13)15(11-3-4-11)8-10-1-2-10/h10-12,16H,1-9,14H2. The summed E-state index contributed by atoms with van der Waals surface area (Å²) in [5, 5.41) is 9.33. The van der Waals surface area contributed by atoms with Gasteiger partial charge in [-0.15, -0.1) is 0 Å². The van der Waals surface area contributed by atoms with Crippen LogP contribution in [0, 0.1) is 5.92 Å². The first-order valence-electron chi connectivity index (χ1n) is 6.86. The quantitative estimate of drug-likeness (QED) is 0.735. The molecule has 3 heteroatoms. The molecule has 3 fully saturated rings. The van der Waals surface area contributed by atoms with Gasteiger partial charge in [0.1, 0.15) is 0 Å². The molecule has 2 unspecified atom stereocenters. The van der Waals surface area contributed by atoms with Crippen molar-refractivity contribution >= 4 is 0 Å². The van der Waals surface area contributed by atoms with Gasteiger partial charge in [-0.05, 0) is 50.9 Å². The van der Waals surface area contributed by atoms with Crippen molar-refractivity contribution in [2.24, 2.45) is 11.7 Å². The summed E-state index contributed by atoms with van der Waals surface area (Å²) in [4.78, 5) is 2.72. The second-order valence-electron chi connectivity index (χ2n) is 6.29. The number of aliphatic hydroxyl groups is 1. The highest BCUT2D eigenvalue weighted by molar-refractivity contribution is 5.01. The highest BCUT2D eigenvalue weighted by atomic mass is 16.3. The van der Waals surface area contributed by atoms with E-state index in [1.807, 2.05) is 0 Å². The molecule has 0 bridgehead atoms. The van der Waals surface area contributed by atoms with Crippen LogP contribution in [0.2, 0.25) is 0 Å². The Balaban J connectivity index is 1.61. The van der Waals surface area contributed by atoms with Gasteiger partial charge in [-0.2, -0.15) is 0 Å². The van der Waals surface area contributed by atoms with Gasteiger partial charge in [0.15, 0.2) is 0 Å². The Morgan fingerprint density at radius 2 is 1.88 bits per heavy atom. The molecule has 3 aliphatic rings. The summed E-state index contributed by atoms with van der Waals surface area (Å²) in [5.74, 6) is 0.975. The van der Waals surface area contributed by atoms with Gasteiger partial charge in [0.25, 0.3) is 0 Å². The van der Waals surface area contributed by atoms with E-state index in [0.29, 0.717) is 6.04 Å². The van der Waals surface area contributed by atoms with E-state index in [9.17, 15) is 5.11 Å². The lowest BCUT2D eigenvalue weighted by molar-refractivity contribution is 0.155. The van der Waals surface area contributed by atoms with Crippen molar-refractivity contribution < 1.29 is 5.11 Å². The number of hydrogen-bond acceptors (Lipinski definition) is 3. The lowest BCUT2D eigenvalue weighted by atomic mass is 10.0. The van der Waals surface area contributed by atoms with Crippen molar-refractivity contribution in [3.8, 4) is 0 Å². The molecule has 0 aliphatic heterocycles. The van der Waals surface area contributed by atoms with Gasteiger partial charge in [-0.25, -0.2) is 0 Å². The first kappa shape index (κ1) is 11.0. The fourth-order valence-electron chi connectivity index (χ4n) is 3.16. The largest absolute Gasteiger partial charge is 0.394 e. The number of hydrogen-bond donors (Lipinski definition) is 2. The van der Waals surface area contributed by atoms with Crippen LogP contribution in [0.5, 0.6) is 0 Å². The fourth-order valence-corrected chi connectivity index (χ4v) is 3.16. The predicted molar refractivity (Wildman–Crippen MR) is 64.1 cm³/mol. The maximum absolute atomic E-state index is 9.33. The molecule has 0 radical (unpaired) electrons. The fraction of sp³-hybridized carbons (Fsp3) is 1.00. The summed E-state index contributed by atoms with van der Waals surface area (Å²) in [6.07, 6.45) is 8.85. The summed E-state index contributed by atoms with van der Waals surface area (Å²) in [6, 6.07) is 1.51. The van der Waals surface area contributed by atoms with E-state index in [2.05, 4.69) is 4.90 Å². The monoisotopic (exact) mass is 224 g/mol. The van der Waals surface area contributed by atoms with Crippen molar-refractivity contribution in [1.29, 1.82) is 0 Å². The van der Waals surface area contributed by atoms with E-state index in [0.717, 1.165) is 24.8 Å². The lowest BCUT2D eigenvalue weighted by Crippen LogP contribution is -2.44. The Hall–Kier alpha value is -0.120. The molecule has 0 amide bonds. The summed E-state index contributed by atoms with van der Waals surface area (Å²) in [6.45, 7) is 1.46. The highest BCUT2D eigenvalue weighted by Gasteiger charge is 2.43. The molecule has 0 aromatic rings.